The summed E-state index contributed by atoms with van der Waals surface area (Å²) in [6.45, 7) is 2.12. The van der Waals surface area contributed by atoms with E-state index in [1.165, 1.54) is 29.5 Å². The largest absolute Gasteiger partial charge is 0.496 e. The van der Waals surface area contributed by atoms with Gasteiger partial charge in [-0.15, -0.1) is 0 Å². The average Bonchev–Trinajstić information content (AvgIpc) is 3.20. The molecule has 0 spiro atoms. The molecule has 0 saturated heterocycles. The second-order valence-electron chi connectivity index (χ2n) is 8.09. The molecule has 1 unspecified atom stereocenters. The monoisotopic (exact) mass is 409 g/mol. The minimum atomic E-state index is 0.218. The van der Waals surface area contributed by atoms with Crippen LogP contribution in [0.1, 0.15) is 41.9 Å². The Morgan fingerprint density at radius 1 is 1.14 bits per heavy atom. The molecule has 4 heteroatoms. The Morgan fingerprint density at radius 3 is 2.83 bits per heavy atom. The van der Waals surface area contributed by atoms with Crippen molar-refractivity contribution in [2.75, 3.05) is 27.2 Å². The van der Waals surface area contributed by atoms with E-state index in [9.17, 15) is 0 Å². The minimum Gasteiger partial charge on any atom is -0.496 e. The van der Waals surface area contributed by atoms with Crippen LogP contribution in [0.4, 0.5) is 0 Å². The maximum absolute atomic E-state index is 6.17. The maximum Gasteiger partial charge on any atom is 0.152 e. The highest BCUT2D eigenvalue weighted by Gasteiger charge is 2.24. The highest BCUT2D eigenvalue weighted by atomic mass is 32.2. The summed E-state index contributed by atoms with van der Waals surface area (Å²) in [5, 5.41) is 2.21. The number of benzene rings is 2. The minimum absolute atomic E-state index is 0.218. The van der Waals surface area contributed by atoms with E-state index < -0.39 is 0 Å². The van der Waals surface area contributed by atoms with E-state index in [-0.39, 0.29) is 5.44 Å². The lowest BCUT2D eigenvalue weighted by Gasteiger charge is -2.30. The third-order valence-electron chi connectivity index (χ3n) is 5.96. The third kappa shape index (κ3) is 5.18. The number of nitrogens with zero attached hydrogens (tertiary/aromatic N) is 1. The second kappa shape index (κ2) is 9.73. The fraction of sp³-hybridized carbons (Fsp3) is 0.440. The molecule has 4 rings (SSSR count). The lowest BCUT2D eigenvalue weighted by molar-refractivity contribution is 0.177. The van der Waals surface area contributed by atoms with Crippen molar-refractivity contribution >= 4 is 11.8 Å². The van der Waals surface area contributed by atoms with Crippen LogP contribution in [0.15, 0.2) is 59.7 Å². The van der Waals surface area contributed by atoms with Crippen molar-refractivity contribution in [1.29, 1.82) is 0 Å². The molecule has 2 aromatic carbocycles. The first-order chi connectivity index (χ1) is 14.2. The van der Waals surface area contributed by atoms with Crippen LogP contribution in [0.5, 0.6) is 5.75 Å². The number of methoxy groups -OCH3 is 1. The predicted molar refractivity (Wildman–Crippen MR) is 121 cm³/mol. The van der Waals surface area contributed by atoms with Gasteiger partial charge in [0.05, 0.1) is 7.11 Å². The number of rotatable bonds is 8. The van der Waals surface area contributed by atoms with Crippen molar-refractivity contribution in [2.45, 2.75) is 43.5 Å². The summed E-state index contributed by atoms with van der Waals surface area (Å²) >= 11 is 1.81. The molecule has 2 aliphatic rings. The van der Waals surface area contributed by atoms with Gasteiger partial charge >= 0.3 is 0 Å². The highest BCUT2D eigenvalue weighted by Crippen LogP contribution is 2.37. The molecule has 0 saturated carbocycles. The van der Waals surface area contributed by atoms with Gasteiger partial charge in [-0.1, -0.05) is 54.2 Å². The standard InChI is InChI=1S/C25H31NO2S/c1-26(17-20-10-6-12-23-22(20)11-7-13-24(23)27-2)15-14-21-18-29-25(28-21)16-19-8-4-3-5-9-19/h3-5,7-9,11,13,18,20,25H,6,10,12,14-17H2,1-2H3/t20-,25?/m0/s1. The number of fused-ring (bicyclic) bond motifs is 1. The lowest BCUT2D eigenvalue weighted by Crippen LogP contribution is -2.28. The molecule has 2 aromatic rings. The smallest absolute Gasteiger partial charge is 0.152 e. The van der Waals surface area contributed by atoms with E-state index in [0.29, 0.717) is 5.92 Å². The Balaban J connectivity index is 1.26. The molecule has 154 valence electrons. The molecule has 3 nitrogen and oxygen atoms in total. The molecule has 1 heterocycles. The van der Waals surface area contributed by atoms with Gasteiger partial charge in [0.15, 0.2) is 5.44 Å². The maximum atomic E-state index is 6.17. The van der Waals surface area contributed by atoms with Gasteiger partial charge < -0.3 is 14.4 Å². The van der Waals surface area contributed by atoms with Crippen molar-refractivity contribution in [3.05, 3.63) is 76.4 Å². The van der Waals surface area contributed by atoms with Crippen LogP contribution in [-0.4, -0.2) is 37.6 Å². The summed E-state index contributed by atoms with van der Waals surface area (Å²) in [4.78, 5) is 2.46. The Hall–Kier alpha value is -1.91. The van der Waals surface area contributed by atoms with Gasteiger partial charge in [0, 0.05) is 31.3 Å². The van der Waals surface area contributed by atoms with Crippen molar-refractivity contribution in [3.63, 3.8) is 0 Å². The molecular formula is C25H31NO2S. The molecule has 1 aliphatic heterocycles. The first-order valence-electron chi connectivity index (χ1n) is 10.6. The number of hydrogen-bond acceptors (Lipinski definition) is 4. The summed E-state index contributed by atoms with van der Waals surface area (Å²) in [6.07, 6.45) is 5.59. The van der Waals surface area contributed by atoms with Crippen molar-refractivity contribution in [1.82, 2.24) is 4.90 Å². The van der Waals surface area contributed by atoms with Gasteiger partial charge in [0.2, 0.25) is 0 Å². The summed E-state index contributed by atoms with van der Waals surface area (Å²) in [5.74, 6) is 2.78. The lowest BCUT2D eigenvalue weighted by atomic mass is 9.82. The van der Waals surface area contributed by atoms with Crippen LogP contribution in [0.25, 0.3) is 0 Å². The zero-order valence-corrected chi connectivity index (χ0v) is 18.3. The van der Waals surface area contributed by atoms with Crippen LogP contribution < -0.4 is 4.74 Å². The quantitative estimate of drug-likeness (QED) is 0.565. The van der Waals surface area contributed by atoms with E-state index in [4.69, 9.17) is 9.47 Å². The Bertz CT molecular complexity index is 836. The van der Waals surface area contributed by atoms with Gasteiger partial charge in [-0.3, -0.25) is 0 Å². The van der Waals surface area contributed by atoms with E-state index in [0.717, 1.165) is 43.9 Å². The SMILES string of the molecule is COc1cccc2c1CCC[C@H]2CN(C)CCC1=CSC(Cc2ccccc2)O1. The molecule has 0 fully saturated rings. The van der Waals surface area contributed by atoms with Gasteiger partial charge in [0.1, 0.15) is 11.5 Å². The molecular weight excluding hydrogens is 378 g/mol. The van der Waals surface area contributed by atoms with Crippen molar-refractivity contribution in [2.24, 2.45) is 0 Å². The molecule has 1 aliphatic carbocycles. The molecule has 0 aromatic heterocycles. The van der Waals surface area contributed by atoms with Gasteiger partial charge in [-0.25, -0.2) is 0 Å². The second-order valence-corrected chi connectivity index (χ2v) is 9.12. The summed E-state index contributed by atoms with van der Waals surface area (Å²) in [6, 6.07) is 17.1. The van der Waals surface area contributed by atoms with Gasteiger partial charge in [-0.05, 0) is 55.0 Å². The first-order valence-corrected chi connectivity index (χ1v) is 11.6. The summed E-state index contributed by atoms with van der Waals surface area (Å²) in [5.41, 5.74) is 4.46. The number of likely N-dealkylation sites (N-methyl/N-ethyl adjacent to an activating group) is 1. The van der Waals surface area contributed by atoms with Gasteiger partial charge in [-0.2, -0.15) is 0 Å². The topological polar surface area (TPSA) is 21.7 Å². The van der Waals surface area contributed by atoms with E-state index in [2.05, 4.69) is 65.9 Å². The van der Waals surface area contributed by atoms with Crippen molar-refractivity contribution < 1.29 is 9.47 Å². The van der Waals surface area contributed by atoms with Crippen LogP contribution in [-0.2, 0) is 17.6 Å². The highest BCUT2D eigenvalue weighted by molar-refractivity contribution is 8.02. The van der Waals surface area contributed by atoms with Crippen molar-refractivity contribution in [3.8, 4) is 5.75 Å². The molecule has 0 radical (unpaired) electrons. The number of thioether (sulfide) groups is 1. The Morgan fingerprint density at radius 2 is 2.00 bits per heavy atom. The first kappa shape index (κ1) is 20.4. The van der Waals surface area contributed by atoms with Gasteiger partial charge in [0.25, 0.3) is 0 Å². The fourth-order valence-electron chi connectivity index (χ4n) is 4.45. The Kier molecular flexibility index (Phi) is 6.83. The van der Waals surface area contributed by atoms with Crippen LogP contribution in [0, 0.1) is 0 Å². The Labute approximate surface area is 179 Å². The molecule has 2 atom stereocenters. The molecule has 0 amide bonds. The van der Waals surface area contributed by atoms with E-state index in [1.807, 2.05) is 11.8 Å². The number of ether oxygens (including phenoxy) is 2. The zero-order chi connectivity index (χ0) is 20.1. The fourth-order valence-corrected chi connectivity index (χ4v) is 5.40. The summed E-state index contributed by atoms with van der Waals surface area (Å²) < 4.78 is 11.8. The average molecular weight is 410 g/mol. The summed E-state index contributed by atoms with van der Waals surface area (Å²) in [7, 11) is 4.02. The molecule has 0 N–H and O–H groups in total. The molecule has 0 bridgehead atoms. The van der Waals surface area contributed by atoms with Crippen LogP contribution in [0.2, 0.25) is 0 Å². The number of hydrogen-bond donors (Lipinski definition) is 0. The third-order valence-corrected chi connectivity index (χ3v) is 6.93. The van der Waals surface area contributed by atoms with Crippen LogP contribution in [0.3, 0.4) is 0 Å². The van der Waals surface area contributed by atoms with E-state index >= 15 is 0 Å². The van der Waals surface area contributed by atoms with E-state index in [1.54, 1.807) is 7.11 Å². The predicted octanol–water partition coefficient (Wildman–Crippen LogP) is 5.61. The van der Waals surface area contributed by atoms with Crippen LogP contribution >= 0.6 is 11.8 Å². The molecule has 29 heavy (non-hydrogen) atoms. The normalized spacial score (nSPS) is 20.9. The zero-order valence-electron chi connectivity index (χ0n) is 17.5.